The topological polar surface area (TPSA) is 21.1 Å². The molecular formula is C24H40FN3. The van der Waals surface area contributed by atoms with E-state index in [1.807, 2.05) is 12.4 Å². The van der Waals surface area contributed by atoms with Gasteiger partial charge in [-0.05, 0) is 38.1 Å². The number of imidazole rings is 1. The van der Waals surface area contributed by atoms with Gasteiger partial charge in [-0.3, -0.25) is 4.90 Å². The lowest BCUT2D eigenvalue weighted by Gasteiger charge is -2.23. The Kier molecular flexibility index (Phi) is 11.2. The molecule has 0 atom stereocenters. The van der Waals surface area contributed by atoms with Crippen LogP contribution in [-0.4, -0.2) is 27.5 Å². The summed E-state index contributed by atoms with van der Waals surface area (Å²) in [5, 5.41) is 0. The van der Waals surface area contributed by atoms with Gasteiger partial charge in [-0.25, -0.2) is 9.37 Å². The van der Waals surface area contributed by atoms with Gasteiger partial charge in [-0.2, -0.15) is 0 Å². The van der Waals surface area contributed by atoms with Gasteiger partial charge in [0.1, 0.15) is 5.82 Å². The van der Waals surface area contributed by atoms with Gasteiger partial charge in [0.15, 0.2) is 0 Å². The highest BCUT2D eigenvalue weighted by molar-refractivity contribution is 5.75. The molecule has 2 aromatic rings. The van der Waals surface area contributed by atoms with Crippen LogP contribution in [0.25, 0.3) is 11.0 Å². The third-order valence-electron chi connectivity index (χ3n) is 5.59. The highest BCUT2D eigenvalue weighted by Gasteiger charge is 2.09. The highest BCUT2D eigenvalue weighted by atomic mass is 19.1. The summed E-state index contributed by atoms with van der Waals surface area (Å²) in [5.41, 5.74) is 1.77. The van der Waals surface area contributed by atoms with Crippen LogP contribution in [0, 0.1) is 5.82 Å². The molecule has 0 saturated carbocycles. The summed E-state index contributed by atoms with van der Waals surface area (Å²) < 4.78 is 15.6. The third-order valence-corrected chi connectivity index (χ3v) is 5.59. The summed E-state index contributed by atoms with van der Waals surface area (Å²) in [6.07, 6.45) is 17.8. The molecule has 0 radical (unpaired) electrons. The number of rotatable bonds is 16. The van der Waals surface area contributed by atoms with Crippen molar-refractivity contribution >= 4 is 11.0 Å². The van der Waals surface area contributed by atoms with Crippen LogP contribution in [-0.2, 0) is 6.67 Å². The molecular weight excluding hydrogens is 349 g/mol. The fourth-order valence-electron chi connectivity index (χ4n) is 3.85. The summed E-state index contributed by atoms with van der Waals surface area (Å²) in [5.74, 6) is -0.214. The Hall–Kier alpha value is -1.42. The minimum atomic E-state index is -0.214. The maximum Gasteiger partial charge on any atom is 0.125 e. The highest BCUT2D eigenvalue weighted by Crippen LogP contribution is 2.16. The van der Waals surface area contributed by atoms with Crippen LogP contribution >= 0.6 is 0 Å². The van der Waals surface area contributed by atoms with Crippen LogP contribution in [0.3, 0.4) is 0 Å². The first kappa shape index (κ1) is 22.9. The van der Waals surface area contributed by atoms with Crippen LogP contribution in [0.4, 0.5) is 4.39 Å². The van der Waals surface area contributed by atoms with E-state index < -0.39 is 0 Å². The molecule has 0 aliphatic heterocycles. The monoisotopic (exact) mass is 389 g/mol. The van der Waals surface area contributed by atoms with Crippen molar-refractivity contribution in [1.29, 1.82) is 0 Å². The molecule has 0 fully saturated rings. The van der Waals surface area contributed by atoms with Gasteiger partial charge in [0.2, 0.25) is 0 Å². The first-order chi connectivity index (χ1) is 13.7. The second-order valence-electron chi connectivity index (χ2n) is 8.14. The van der Waals surface area contributed by atoms with E-state index in [9.17, 15) is 4.39 Å². The standard InChI is InChI=1S/C24H40FN3/c1-3-5-7-9-11-13-17-27(18-14-12-10-8-6-4-2)21-28-20-26-23-19-22(25)15-16-24(23)28/h15-16,19-20H,3-14,17-18,21H2,1-2H3. The van der Waals surface area contributed by atoms with Gasteiger partial charge in [0, 0.05) is 6.07 Å². The fourth-order valence-corrected chi connectivity index (χ4v) is 3.85. The van der Waals surface area contributed by atoms with Crippen molar-refractivity contribution in [2.75, 3.05) is 13.1 Å². The molecule has 0 bridgehead atoms. The summed E-state index contributed by atoms with van der Waals surface area (Å²) in [6.45, 7) is 7.67. The van der Waals surface area contributed by atoms with Crippen molar-refractivity contribution in [3.05, 3.63) is 30.3 Å². The third kappa shape index (κ3) is 8.30. The molecule has 0 N–H and O–H groups in total. The Balaban J connectivity index is 1.84. The van der Waals surface area contributed by atoms with Crippen molar-refractivity contribution < 1.29 is 4.39 Å². The van der Waals surface area contributed by atoms with Gasteiger partial charge >= 0.3 is 0 Å². The number of aromatic nitrogens is 2. The normalized spacial score (nSPS) is 11.7. The maximum absolute atomic E-state index is 13.4. The summed E-state index contributed by atoms with van der Waals surface area (Å²) >= 11 is 0. The lowest BCUT2D eigenvalue weighted by molar-refractivity contribution is 0.211. The number of unbranched alkanes of at least 4 members (excludes halogenated alkanes) is 10. The number of hydrogen-bond acceptors (Lipinski definition) is 2. The number of halogens is 1. The predicted molar refractivity (Wildman–Crippen MR) is 118 cm³/mol. The SMILES string of the molecule is CCCCCCCCN(CCCCCCCC)Cn1cnc2cc(F)ccc21. The first-order valence-corrected chi connectivity index (χ1v) is 11.6. The summed E-state index contributed by atoms with van der Waals surface area (Å²) in [7, 11) is 0. The Bertz CT molecular complexity index is 636. The van der Waals surface area contributed by atoms with Crippen molar-refractivity contribution in [2.24, 2.45) is 0 Å². The van der Waals surface area contributed by atoms with Crippen LogP contribution in [0.15, 0.2) is 24.5 Å². The van der Waals surface area contributed by atoms with Gasteiger partial charge in [-0.1, -0.05) is 78.1 Å². The molecule has 158 valence electrons. The van der Waals surface area contributed by atoms with Crippen LogP contribution in [0.2, 0.25) is 0 Å². The van der Waals surface area contributed by atoms with Gasteiger partial charge in [-0.15, -0.1) is 0 Å². The minimum absolute atomic E-state index is 0.214. The van der Waals surface area contributed by atoms with Crippen molar-refractivity contribution in [3.8, 4) is 0 Å². The van der Waals surface area contributed by atoms with Gasteiger partial charge in [0.05, 0.1) is 24.0 Å². The molecule has 0 aliphatic carbocycles. The summed E-state index contributed by atoms with van der Waals surface area (Å²) in [4.78, 5) is 6.95. The number of nitrogens with zero attached hydrogens (tertiary/aromatic N) is 3. The predicted octanol–water partition coefficient (Wildman–Crippen LogP) is 7.16. The average Bonchev–Trinajstić information content (AvgIpc) is 3.08. The largest absolute Gasteiger partial charge is 0.317 e. The molecule has 1 aromatic heterocycles. The van der Waals surface area contributed by atoms with Crippen LogP contribution in [0.5, 0.6) is 0 Å². The molecule has 1 heterocycles. The Labute approximate surface area is 171 Å². The Morgan fingerprint density at radius 3 is 2.00 bits per heavy atom. The fraction of sp³-hybridized carbons (Fsp3) is 0.708. The molecule has 0 aliphatic rings. The Morgan fingerprint density at radius 1 is 0.821 bits per heavy atom. The number of hydrogen-bond donors (Lipinski definition) is 0. The molecule has 0 saturated heterocycles. The summed E-state index contributed by atoms with van der Waals surface area (Å²) in [6, 6.07) is 4.91. The zero-order valence-electron chi connectivity index (χ0n) is 18.1. The second-order valence-corrected chi connectivity index (χ2v) is 8.14. The molecule has 0 unspecified atom stereocenters. The van der Waals surface area contributed by atoms with Crippen molar-refractivity contribution in [1.82, 2.24) is 14.5 Å². The molecule has 0 amide bonds. The smallest absolute Gasteiger partial charge is 0.125 e. The van der Waals surface area contributed by atoms with E-state index in [-0.39, 0.29) is 5.82 Å². The van der Waals surface area contributed by atoms with Crippen LogP contribution < -0.4 is 0 Å². The lowest BCUT2D eigenvalue weighted by atomic mass is 10.1. The average molecular weight is 390 g/mol. The van der Waals surface area contributed by atoms with E-state index in [0.29, 0.717) is 0 Å². The molecule has 0 spiro atoms. The second kappa shape index (κ2) is 13.7. The van der Waals surface area contributed by atoms with E-state index in [1.54, 1.807) is 0 Å². The van der Waals surface area contributed by atoms with Crippen molar-refractivity contribution in [3.63, 3.8) is 0 Å². The van der Waals surface area contributed by atoms with E-state index in [0.717, 1.165) is 30.8 Å². The van der Waals surface area contributed by atoms with Gasteiger partial charge < -0.3 is 4.57 Å². The molecule has 4 heteroatoms. The quantitative estimate of drug-likeness (QED) is 0.284. The number of fused-ring (bicyclic) bond motifs is 1. The van der Waals surface area contributed by atoms with E-state index >= 15 is 0 Å². The van der Waals surface area contributed by atoms with Gasteiger partial charge in [0.25, 0.3) is 0 Å². The maximum atomic E-state index is 13.4. The molecule has 1 aromatic carbocycles. The number of benzene rings is 1. The van der Waals surface area contributed by atoms with Crippen LogP contribution in [0.1, 0.15) is 90.9 Å². The lowest BCUT2D eigenvalue weighted by Crippen LogP contribution is -2.28. The zero-order chi connectivity index (χ0) is 20.0. The first-order valence-electron chi connectivity index (χ1n) is 11.6. The molecule has 3 nitrogen and oxygen atoms in total. The van der Waals surface area contributed by atoms with E-state index in [2.05, 4.69) is 28.3 Å². The van der Waals surface area contributed by atoms with E-state index in [1.165, 1.54) is 89.2 Å². The molecule has 2 rings (SSSR count). The zero-order valence-corrected chi connectivity index (χ0v) is 18.1. The van der Waals surface area contributed by atoms with E-state index in [4.69, 9.17) is 0 Å². The Morgan fingerprint density at radius 2 is 1.39 bits per heavy atom. The van der Waals surface area contributed by atoms with Crippen molar-refractivity contribution in [2.45, 2.75) is 97.6 Å². The molecule has 28 heavy (non-hydrogen) atoms. The minimum Gasteiger partial charge on any atom is -0.317 e.